The minimum absolute atomic E-state index is 0.0254. The van der Waals surface area contributed by atoms with Gasteiger partial charge in [0.25, 0.3) is 5.56 Å². The van der Waals surface area contributed by atoms with Crippen LogP contribution in [-0.2, 0) is 24.2 Å². The summed E-state index contributed by atoms with van der Waals surface area (Å²) >= 11 is 4.32. The first-order valence-corrected chi connectivity index (χ1v) is 11.6. The number of thioether (sulfide) groups is 1. The molecule has 0 aliphatic heterocycles. The van der Waals surface area contributed by atoms with E-state index in [9.17, 15) is 9.59 Å². The fourth-order valence-corrected chi connectivity index (χ4v) is 6.20. The highest BCUT2D eigenvalue weighted by Gasteiger charge is 2.24. The molecule has 142 valence electrons. The molecule has 6 nitrogen and oxygen atoms in total. The van der Waals surface area contributed by atoms with Gasteiger partial charge in [0, 0.05) is 23.0 Å². The van der Waals surface area contributed by atoms with Crippen molar-refractivity contribution in [3.8, 4) is 0 Å². The van der Waals surface area contributed by atoms with Crippen molar-refractivity contribution in [3.63, 3.8) is 0 Å². The number of thiazole rings is 1. The third kappa shape index (κ3) is 3.68. The zero-order valence-electron chi connectivity index (χ0n) is 15.2. The Morgan fingerprint density at radius 1 is 1.48 bits per heavy atom. The van der Waals surface area contributed by atoms with Gasteiger partial charge in [0.05, 0.1) is 11.1 Å². The van der Waals surface area contributed by atoms with Crippen molar-refractivity contribution in [1.82, 2.24) is 14.5 Å². The summed E-state index contributed by atoms with van der Waals surface area (Å²) < 4.78 is 1.69. The second-order valence-electron chi connectivity index (χ2n) is 6.65. The lowest BCUT2D eigenvalue weighted by molar-refractivity contribution is -0.113. The molecule has 0 saturated carbocycles. The van der Waals surface area contributed by atoms with E-state index in [2.05, 4.69) is 17.2 Å². The van der Waals surface area contributed by atoms with E-state index in [0.717, 1.165) is 29.5 Å². The van der Waals surface area contributed by atoms with Crippen LogP contribution in [0.3, 0.4) is 0 Å². The Morgan fingerprint density at radius 2 is 2.33 bits per heavy atom. The summed E-state index contributed by atoms with van der Waals surface area (Å²) in [6.45, 7) is 4.74. The van der Waals surface area contributed by atoms with Gasteiger partial charge in [-0.1, -0.05) is 18.7 Å². The van der Waals surface area contributed by atoms with Gasteiger partial charge in [-0.2, -0.15) is 0 Å². The maximum atomic E-state index is 13.1. The van der Waals surface area contributed by atoms with Crippen LogP contribution in [0.15, 0.2) is 21.5 Å². The van der Waals surface area contributed by atoms with Crippen LogP contribution in [0.4, 0.5) is 5.13 Å². The number of fused-ring (bicyclic) bond motifs is 3. The van der Waals surface area contributed by atoms with Gasteiger partial charge >= 0.3 is 0 Å². The van der Waals surface area contributed by atoms with E-state index in [1.807, 2.05) is 12.3 Å². The number of anilines is 1. The first kappa shape index (κ1) is 18.6. The molecule has 0 bridgehead atoms. The Bertz CT molecular complexity index is 1040. The van der Waals surface area contributed by atoms with Crippen LogP contribution in [0.2, 0.25) is 0 Å². The van der Waals surface area contributed by atoms with Crippen molar-refractivity contribution >= 4 is 55.7 Å². The summed E-state index contributed by atoms with van der Waals surface area (Å²) in [7, 11) is 0. The van der Waals surface area contributed by atoms with Crippen LogP contribution < -0.4 is 10.9 Å². The second kappa shape index (κ2) is 7.73. The zero-order chi connectivity index (χ0) is 19.0. The fraction of sp³-hybridized carbons (Fsp3) is 0.444. The number of carbonyl (C=O) groups excluding carboxylic acids is 1. The molecule has 1 atom stereocenters. The Morgan fingerprint density at radius 3 is 3.07 bits per heavy atom. The number of nitrogens with one attached hydrogen (secondary N) is 1. The highest BCUT2D eigenvalue weighted by atomic mass is 32.2. The van der Waals surface area contributed by atoms with Crippen molar-refractivity contribution in [2.75, 3.05) is 11.1 Å². The fourth-order valence-electron chi connectivity index (χ4n) is 3.36. The molecule has 1 aliphatic rings. The first-order chi connectivity index (χ1) is 13.1. The normalized spacial score (nSPS) is 16.4. The zero-order valence-corrected chi connectivity index (χ0v) is 17.6. The number of amides is 1. The van der Waals surface area contributed by atoms with Gasteiger partial charge in [0.1, 0.15) is 4.83 Å². The lowest BCUT2D eigenvalue weighted by Crippen LogP contribution is -2.24. The largest absolute Gasteiger partial charge is 0.301 e. The molecule has 27 heavy (non-hydrogen) atoms. The van der Waals surface area contributed by atoms with Crippen LogP contribution in [0.1, 0.15) is 30.7 Å². The molecule has 3 aromatic rings. The molecule has 0 fully saturated rings. The monoisotopic (exact) mass is 420 g/mol. The predicted octanol–water partition coefficient (Wildman–Crippen LogP) is 3.79. The Hall–Kier alpha value is -1.71. The van der Waals surface area contributed by atoms with Crippen LogP contribution >= 0.6 is 34.4 Å². The number of aryl methyl sites for hydroxylation is 1. The van der Waals surface area contributed by atoms with E-state index in [1.165, 1.54) is 33.5 Å². The molecule has 1 unspecified atom stereocenters. The van der Waals surface area contributed by atoms with E-state index >= 15 is 0 Å². The molecule has 0 spiro atoms. The SMILES string of the molecule is CCn1c(SCC(=O)Nc2nccs2)nc2sc3c(c2c1=O)CCC(C)C3. The van der Waals surface area contributed by atoms with Gasteiger partial charge in [0.2, 0.25) is 5.91 Å². The topological polar surface area (TPSA) is 76.9 Å². The summed E-state index contributed by atoms with van der Waals surface area (Å²) in [5.74, 6) is 0.702. The smallest absolute Gasteiger partial charge is 0.263 e. The average Bonchev–Trinajstić information content (AvgIpc) is 3.26. The van der Waals surface area contributed by atoms with Crippen molar-refractivity contribution in [2.24, 2.45) is 5.92 Å². The minimum atomic E-state index is -0.147. The number of hydrogen-bond acceptors (Lipinski definition) is 7. The van der Waals surface area contributed by atoms with Crippen LogP contribution in [0.5, 0.6) is 0 Å². The maximum absolute atomic E-state index is 13.1. The summed E-state index contributed by atoms with van der Waals surface area (Å²) in [5, 5.41) is 6.55. The number of hydrogen-bond donors (Lipinski definition) is 1. The van der Waals surface area contributed by atoms with Crippen LogP contribution in [0, 0.1) is 5.92 Å². The predicted molar refractivity (Wildman–Crippen MR) is 112 cm³/mol. The minimum Gasteiger partial charge on any atom is -0.301 e. The standard InChI is InChI=1S/C18H20N4O2S3/c1-3-22-16(24)14-11-5-4-10(2)8-12(11)27-15(14)21-18(22)26-9-13(23)20-17-19-6-7-25-17/h6-7,10H,3-5,8-9H2,1-2H3,(H,19,20,23). The molecule has 1 amide bonds. The molecule has 3 aromatic heterocycles. The molecule has 3 heterocycles. The number of rotatable bonds is 5. The quantitative estimate of drug-likeness (QED) is 0.502. The lowest BCUT2D eigenvalue weighted by atomic mass is 9.89. The summed E-state index contributed by atoms with van der Waals surface area (Å²) in [6.07, 6.45) is 4.76. The van der Waals surface area contributed by atoms with E-state index < -0.39 is 0 Å². The lowest BCUT2D eigenvalue weighted by Gasteiger charge is -2.17. The van der Waals surface area contributed by atoms with E-state index in [1.54, 1.807) is 22.1 Å². The average molecular weight is 421 g/mol. The third-order valence-corrected chi connectivity index (χ3v) is 7.52. The number of nitrogens with zero attached hydrogens (tertiary/aromatic N) is 3. The second-order valence-corrected chi connectivity index (χ2v) is 9.57. The van der Waals surface area contributed by atoms with Gasteiger partial charge in [0.15, 0.2) is 10.3 Å². The highest BCUT2D eigenvalue weighted by Crippen LogP contribution is 2.36. The van der Waals surface area contributed by atoms with E-state index in [-0.39, 0.29) is 17.2 Å². The van der Waals surface area contributed by atoms with E-state index in [0.29, 0.717) is 22.8 Å². The van der Waals surface area contributed by atoms with Gasteiger partial charge in [-0.15, -0.1) is 22.7 Å². The molecule has 0 aromatic carbocycles. The Kier molecular flexibility index (Phi) is 5.34. The summed E-state index contributed by atoms with van der Waals surface area (Å²) in [5.41, 5.74) is 1.23. The highest BCUT2D eigenvalue weighted by molar-refractivity contribution is 7.99. The van der Waals surface area contributed by atoms with Crippen molar-refractivity contribution in [2.45, 2.75) is 44.8 Å². The Labute approximate surface area is 169 Å². The number of thiophene rings is 1. The van der Waals surface area contributed by atoms with Crippen molar-refractivity contribution < 1.29 is 4.79 Å². The summed E-state index contributed by atoms with van der Waals surface area (Å²) in [4.78, 5) is 36.2. The summed E-state index contributed by atoms with van der Waals surface area (Å²) in [6, 6.07) is 0. The molecular weight excluding hydrogens is 400 g/mol. The van der Waals surface area contributed by atoms with Crippen LogP contribution in [0.25, 0.3) is 10.2 Å². The first-order valence-electron chi connectivity index (χ1n) is 8.94. The molecule has 9 heteroatoms. The molecule has 1 N–H and O–H groups in total. The van der Waals surface area contributed by atoms with Gasteiger partial charge in [-0.25, -0.2) is 9.97 Å². The van der Waals surface area contributed by atoms with Gasteiger partial charge < -0.3 is 5.32 Å². The van der Waals surface area contributed by atoms with Crippen molar-refractivity contribution in [3.05, 3.63) is 32.4 Å². The number of aromatic nitrogens is 3. The molecule has 1 aliphatic carbocycles. The number of carbonyl (C=O) groups is 1. The molecular formula is C18H20N4O2S3. The van der Waals surface area contributed by atoms with Gasteiger partial charge in [-0.05, 0) is 37.7 Å². The Balaban J connectivity index is 1.62. The molecule has 0 saturated heterocycles. The maximum Gasteiger partial charge on any atom is 0.263 e. The molecule has 4 rings (SSSR count). The third-order valence-electron chi connectivity index (χ3n) is 4.71. The van der Waals surface area contributed by atoms with Gasteiger partial charge in [-0.3, -0.25) is 14.2 Å². The molecule has 0 radical (unpaired) electrons. The van der Waals surface area contributed by atoms with Crippen molar-refractivity contribution in [1.29, 1.82) is 0 Å². The van der Waals surface area contributed by atoms with Crippen LogP contribution in [-0.4, -0.2) is 26.2 Å². The van der Waals surface area contributed by atoms with E-state index in [4.69, 9.17) is 4.98 Å².